The first-order chi connectivity index (χ1) is 8.60. The number of benzene rings is 1. The maximum Gasteiger partial charge on any atom is 0.174 e. The van der Waals surface area contributed by atoms with Gasteiger partial charge in [0.2, 0.25) is 0 Å². The molecule has 1 aromatic heterocycles. The third-order valence-corrected chi connectivity index (χ3v) is 4.25. The Morgan fingerprint density at radius 2 is 2.28 bits per heavy atom. The molecule has 0 radical (unpaired) electrons. The molecule has 0 aliphatic rings. The van der Waals surface area contributed by atoms with E-state index in [4.69, 9.17) is 11.1 Å². The molecule has 0 fully saturated rings. The van der Waals surface area contributed by atoms with Crippen molar-refractivity contribution in [1.29, 1.82) is 5.41 Å². The lowest BCUT2D eigenvalue weighted by atomic mass is 10.1. The Morgan fingerprint density at radius 3 is 2.89 bits per heavy atom. The van der Waals surface area contributed by atoms with E-state index in [0.717, 1.165) is 32.6 Å². The molecule has 3 N–H and O–H groups in total. The van der Waals surface area contributed by atoms with Crippen LogP contribution in [0, 0.1) is 12.3 Å². The van der Waals surface area contributed by atoms with Crippen molar-refractivity contribution in [3.63, 3.8) is 0 Å². The van der Waals surface area contributed by atoms with Crippen molar-refractivity contribution in [3.05, 3.63) is 35.2 Å². The van der Waals surface area contributed by atoms with Crippen LogP contribution >= 0.6 is 23.3 Å². The second kappa shape index (κ2) is 5.49. The van der Waals surface area contributed by atoms with E-state index < -0.39 is 0 Å². The zero-order valence-electron chi connectivity index (χ0n) is 10.2. The molecule has 1 heterocycles. The second-order valence-electron chi connectivity index (χ2n) is 3.85. The van der Waals surface area contributed by atoms with Gasteiger partial charge in [0, 0.05) is 16.9 Å². The van der Waals surface area contributed by atoms with Gasteiger partial charge in [0.05, 0.1) is 0 Å². The summed E-state index contributed by atoms with van der Waals surface area (Å²) in [4.78, 5) is 5.36. The van der Waals surface area contributed by atoms with Crippen molar-refractivity contribution >= 4 is 29.1 Å². The van der Waals surface area contributed by atoms with Crippen molar-refractivity contribution in [2.75, 3.05) is 0 Å². The first-order valence-corrected chi connectivity index (χ1v) is 7.14. The minimum Gasteiger partial charge on any atom is -0.384 e. The smallest absolute Gasteiger partial charge is 0.174 e. The van der Waals surface area contributed by atoms with Gasteiger partial charge in [-0.3, -0.25) is 5.41 Å². The topological polar surface area (TPSA) is 75.7 Å². The monoisotopic (exact) mass is 278 g/mol. The lowest BCUT2D eigenvalue weighted by Gasteiger charge is -2.06. The normalized spacial score (nSPS) is 10.6. The summed E-state index contributed by atoms with van der Waals surface area (Å²) < 4.78 is 5.13. The van der Waals surface area contributed by atoms with Gasteiger partial charge in [-0.15, -0.1) is 0 Å². The molecule has 4 nitrogen and oxygen atoms in total. The first kappa shape index (κ1) is 13.0. The molecule has 2 rings (SSSR count). The standard InChI is InChI=1S/C12H14N4S2/c1-3-10-15-12(18-16-10)17-9-5-4-7(2)6-8(9)11(13)14/h4-6H,3H2,1-2H3,(H3,13,14). The first-order valence-electron chi connectivity index (χ1n) is 5.55. The summed E-state index contributed by atoms with van der Waals surface area (Å²) in [6.45, 7) is 4.02. The number of nitrogens with one attached hydrogen (secondary N) is 1. The summed E-state index contributed by atoms with van der Waals surface area (Å²) in [6, 6.07) is 5.91. The molecule has 0 unspecified atom stereocenters. The van der Waals surface area contributed by atoms with Crippen LogP contribution in [-0.4, -0.2) is 15.2 Å². The highest BCUT2D eigenvalue weighted by Gasteiger charge is 2.10. The molecule has 0 aliphatic heterocycles. The van der Waals surface area contributed by atoms with Crippen LogP contribution < -0.4 is 5.73 Å². The molecule has 94 valence electrons. The second-order valence-corrected chi connectivity index (χ2v) is 5.89. The van der Waals surface area contributed by atoms with Gasteiger partial charge in [-0.25, -0.2) is 4.98 Å². The van der Waals surface area contributed by atoms with E-state index in [1.165, 1.54) is 23.3 Å². The minimum absolute atomic E-state index is 0.0847. The number of hydrogen-bond acceptors (Lipinski definition) is 5. The van der Waals surface area contributed by atoms with E-state index in [1.807, 2.05) is 32.0 Å². The number of rotatable bonds is 4. The molecule has 1 aromatic carbocycles. The maximum absolute atomic E-state index is 7.61. The number of aryl methyl sites for hydroxylation is 2. The van der Waals surface area contributed by atoms with Crippen molar-refractivity contribution < 1.29 is 0 Å². The minimum atomic E-state index is 0.0847. The van der Waals surface area contributed by atoms with E-state index in [-0.39, 0.29) is 5.84 Å². The quantitative estimate of drug-likeness (QED) is 0.666. The number of nitrogens with zero attached hydrogens (tertiary/aromatic N) is 2. The van der Waals surface area contributed by atoms with Crippen LogP contribution in [0.5, 0.6) is 0 Å². The Balaban J connectivity index is 2.30. The Bertz CT molecular complexity index is 577. The fourth-order valence-corrected chi connectivity index (χ4v) is 3.24. The lowest BCUT2D eigenvalue weighted by molar-refractivity contribution is 0.971. The molecule has 0 aliphatic carbocycles. The third kappa shape index (κ3) is 2.88. The van der Waals surface area contributed by atoms with Crippen molar-refractivity contribution in [1.82, 2.24) is 9.36 Å². The Morgan fingerprint density at radius 1 is 1.50 bits per heavy atom. The largest absolute Gasteiger partial charge is 0.384 e. The van der Waals surface area contributed by atoms with Gasteiger partial charge < -0.3 is 5.73 Å². The summed E-state index contributed by atoms with van der Waals surface area (Å²) >= 11 is 2.90. The Labute approximate surface area is 114 Å². The number of hydrogen-bond donors (Lipinski definition) is 2. The van der Waals surface area contributed by atoms with Crippen LogP contribution in [0.4, 0.5) is 0 Å². The molecule has 6 heteroatoms. The molecule has 2 aromatic rings. The van der Waals surface area contributed by atoms with Gasteiger partial charge in [0.15, 0.2) is 4.34 Å². The van der Waals surface area contributed by atoms with Crippen LogP contribution in [0.25, 0.3) is 0 Å². The van der Waals surface area contributed by atoms with Gasteiger partial charge in [-0.1, -0.05) is 30.3 Å². The molecule has 0 atom stereocenters. The Hall–Kier alpha value is -1.40. The molecule has 0 saturated heterocycles. The fourth-order valence-electron chi connectivity index (χ4n) is 1.46. The lowest BCUT2D eigenvalue weighted by Crippen LogP contribution is -2.12. The predicted octanol–water partition coefficient (Wildman–Crippen LogP) is 2.84. The summed E-state index contributed by atoms with van der Waals surface area (Å²) in [5.74, 6) is 0.945. The number of aromatic nitrogens is 2. The summed E-state index contributed by atoms with van der Waals surface area (Å²) in [5, 5.41) is 7.61. The molecular weight excluding hydrogens is 264 g/mol. The van der Waals surface area contributed by atoms with Gasteiger partial charge >= 0.3 is 0 Å². The number of nitrogens with two attached hydrogens (primary N) is 1. The van der Waals surface area contributed by atoms with Gasteiger partial charge in [-0.2, -0.15) is 4.37 Å². The highest BCUT2D eigenvalue weighted by Crippen LogP contribution is 2.32. The van der Waals surface area contributed by atoms with Crippen molar-refractivity contribution in [2.24, 2.45) is 5.73 Å². The zero-order valence-corrected chi connectivity index (χ0v) is 11.9. The number of amidine groups is 1. The Kier molecular flexibility index (Phi) is 3.98. The highest BCUT2D eigenvalue weighted by molar-refractivity contribution is 8.01. The molecule has 0 spiro atoms. The van der Waals surface area contributed by atoms with Crippen LogP contribution in [0.3, 0.4) is 0 Å². The highest BCUT2D eigenvalue weighted by atomic mass is 32.2. The molecular formula is C12H14N4S2. The molecule has 18 heavy (non-hydrogen) atoms. The van der Waals surface area contributed by atoms with Gasteiger partial charge in [0.25, 0.3) is 0 Å². The van der Waals surface area contributed by atoms with Gasteiger partial charge in [-0.05, 0) is 30.6 Å². The molecule has 0 bridgehead atoms. The summed E-state index contributed by atoms with van der Waals surface area (Å²) in [5.41, 5.74) is 7.46. The fraction of sp³-hybridized carbons (Fsp3) is 0.250. The van der Waals surface area contributed by atoms with E-state index in [9.17, 15) is 0 Å². The van der Waals surface area contributed by atoms with Crippen LogP contribution in [0.1, 0.15) is 23.9 Å². The van der Waals surface area contributed by atoms with E-state index in [1.54, 1.807) is 0 Å². The number of nitrogen functional groups attached to an aromatic ring is 1. The van der Waals surface area contributed by atoms with E-state index in [0.29, 0.717) is 0 Å². The van der Waals surface area contributed by atoms with Crippen LogP contribution in [-0.2, 0) is 6.42 Å². The third-order valence-electron chi connectivity index (χ3n) is 2.39. The summed E-state index contributed by atoms with van der Waals surface area (Å²) in [7, 11) is 0. The summed E-state index contributed by atoms with van der Waals surface area (Å²) in [6.07, 6.45) is 0.838. The van der Waals surface area contributed by atoms with E-state index in [2.05, 4.69) is 9.36 Å². The van der Waals surface area contributed by atoms with Gasteiger partial charge in [0.1, 0.15) is 11.7 Å². The molecule has 0 amide bonds. The van der Waals surface area contributed by atoms with Crippen LogP contribution in [0.15, 0.2) is 27.4 Å². The SMILES string of the molecule is CCc1nsc(Sc2ccc(C)cc2C(=N)N)n1. The average molecular weight is 278 g/mol. The molecule has 0 saturated carbocycles. The van der Waals surface area contributed by atoms with Crippen LogP contribution in [0.2, 0.25) is 0 Å². The zero-order chi connectivity index (χ0) is 13.1. The van der Waals surface area contributed by atoms with Crippen molar-refractivity contribution in [3.8, 4) is 0 Å². The van der Waals surface area contributed by atoms with E-state index >= 15 is 0 Å². The van der Waals surface area contributed by atoms with Crippen molar-refractivity contribution in [2.45, 2.75) is 29.5 Å². The average Bonchev–Trinajstić information content (AvgIpc) is 2.79. The predicted molar refractivity (Wildman–Crippen MR) is 75.6 cm³/mol. The maximum atomic E-state index is 7.61.